The Balaban J connectivity index is 0.00000169. The molecule has 0 radical (unpaired) electrons. The Kier molecular flexibility index (Phi) is 6.53. The van der Waals surface area contributed by atoms with Crippen LogP contribution in [0.3, 0.4) is 0 Å². The van der Waals surface area contributed by atoms with Gasteiger partial charge in [-0.1, -0.05) is 6.08 Å². The summed E-state index contributed by atoms with van der Waals surface area (Å²) in [6.45, 7) is 5.41. The molecule has 0 bridgehead atoms. The molecule has 0 spiro atoms. The van der Waals surface area contributed by atoms with Gasteiger partial charge in [-0.3, -0.25) is 4.79 Å². The summed E-state index contributed by atoms with van der Waals surface area (Å²) in [5, 5.41) is 11.6. The first-order chi connectivity index (χ1) is 6.24. The number of halogens is 1. The quantitative estimate of drug-likeness (QED) is 0.529. The predicted octanol–water partition coefficient (Wildman–Crippen LogP) is 0.673. The fourth-order valence-corrected chi connectivity index (χ4v) is 1.44. The van der Waals surface area contributed by atoms with E-state index in [0.29, 0.717) is 25.6 Å². The zero-order chi connectivity index (χ0) is 9.68. The van der Waals surface area contributed by atoms with E-state index in [-0.39, 0.29) is 12.4 Å². The van der Waals surface area contributed by atoms with Crippen molar-refractivity contribution in [3.8, 4) is 0 Å². The van der Waals surface area contributed by atoms with Crippen LogP contribution in [0.2, 0.25) is 0 Å². The van der Waals surface area contributed by atoms with E-state index < -0.39 is 12.0 Å². The molecule has 0 amide bonds. The normalized spacial score (nSPS) is 25.4. The van der Waals surface area contributed by atoms with Crippen LogP contribution < -0.4 is 5.32 Å². The third-order valence-corrected chi connectivity index (χ3v) is 2.11. The number of nitrogens with one attached hydrogen (secondary N) is 1. The van der Waals surface area contributed by atoms with Crippen molar-refractivity contribution in [3.63, 3.8) is 0 Å². The van der Waals surface area contributed by atoms with Crippen LogP contribution in [0, 0.1) is 5.92 Å². The van der Waals surface area contributed by atoms with Crippen molar-refractivity contribution in [2.45, 2.75) is 12.5 Å². The van der Waals surface area contributed by atoms with Crippen molar-refractivity contribution in [2.24, 2.45) is 5.92 Å². The molecule has 4 nitrogen and oxygen atoms in total. The maximum atomic E-state index is 10.6. The molecule has 0 aromatic rings. The maximum absolute atomic E-state index is 10.6. The summed E-state index contributed by atoms with van der Waals surface area (Å²) in [7, 11) is 0. The fraction of sp³-hybridized carbons (Fsp3) is 0.667. The van der Waals surface area contributed by atoms with Gasteiger partial charge in [0.2, 0.25) is 0 Å². The van der Waals surface area contributed by atoms with Crippen molar-refractivity contribution >= 4 is 18.4 Å². The van der Waals surface area contributed by atoms with Crippen LogP contribution in [0.1, 0.15) is 6.42 Å². The average Bonchev–Trinajstić information content (AvgIpc) is 2.53. The SMILES string of the molecule is C=CCOCC1CN[C@H](C(=O)O)C1.Cl. The molecule has 1 rings (SSSR count). The molecule has 1 unspecified atom stereocenters. The van der Waals surface area contributed by atoms with E-state index in [2.05, 4.69) is 11.9 Å². The number of carboxylic acid groups (broad SMARTS) is 1. The van der Waals surface area contributed by atoms with Gasteiger partial charge >= 0.3 is 5.97 Å². The topological polar surface area (TPSA) is 58.6 Å². The van der Waals surface area contributed by atoms with Crippen molar-refractivity contribution in [3.05, 3.63) is 12.7 Å². The Morgan fingerprint density at radius 2 is 2.43 bits per heavy atom. The van der Waals surface area contributed by atoms with Crippen LogP contribution in [0.15, 0.2) is 12.7 Å². The second kappa shape index (κ2) is 6.81. The zero-order valence-corrected chi connectivity index (χ0v) is 8.76. The number of carbonyl (C=O) groups is 1. The molecular weight excluding hydrogens is 206 g/mol. The second-order valence-corrected chi connectivity index (χ2v) is 3.23. The Morgan fingerprint density at radius 1 is 1.71 bits per heavy atom. The molecule has 1 saturated heterocycles. The van der Waals surface area contributed by atoms with Gasteiger partial charge in [-0.2, -0.15) is 0 Å². The predicted molar refractivity (Wildman–Crippen MR) is 55.8 cm³/mol. The van der Waals surface area contributed by atoms with Crippen molar-refractivity contribution in [1.29, 1.82) is 0 Å². The molecular formula is C9H16ClNO3. The van der Waals surface area contributed by atoms with Gasteiger partial charge in [-0.15, -0.1) is 19.0 Å². The first-order valence-corrected chi connectivity index (χ1v) is 4.39. The summed E-state index contributed by atoms with van der Waals surface area (Å²) in [6.07, 6.45) is 2.35. The highest BCUT2D eigenvalue weighted by atomic mass is 35.5. The van der Waals surface area contributed by atoms with Gasteiger partial charge in [0.05, 0.1) is 13.2 Å². The van der Waals surface area contributed by atoms with Crippen molar-refractivity contribution < 1.29 is 14.6 Å². The summed E-state index contributed by atoms with van der Waals surface area (Å²) >= 11 is 0. The van der Waals surface area contributed by atoms with E-state index in [1.807, 2.05) is 0 Å². The Hall–Kier alpha value is -0.580. The lowest BCUT2D eigenvalue weighted by Crippen LogP contribution is -2.29. The van der Waals surface area contributed by atoms with Gasteiger partial charge in [0.1, 0.15) is 6.04 Å². The van der Waals surface area contributed by atoms with Crippen LogP contribution in [-0.2, 0) is 9.53 Å². The monoisotopic (exact) mass is 221 g/mol. The standard InChI is InChI=1S/C9H15NO3.ClH/c1-2-3-13-6-7-4-8(9(11)12)10-5-7;/h2,7-8,10H,1,3-6H2,(H,11,12);1H/t7?,8-;/m0./s1. The molecule has 2 atom stereocenters. The summed E-state index contributed by atoms with van der Waals surface area (Å²) in [5.74, 6) is -0.452. The molecule has 0 aromatic carbocycles. The smallest absolute Gasteiger partial charge is 0.320 e. The molecule has 0 aromatic heterocycles. The molecule has 1 heterocycles. The Morgan fingerprint density at radius 3 is 2.93 bits per heavy atom. The van der Waals surface area contributed by atoms with E-state index in [9.17, 15) is 4.79 Å². The minimum atomic E-state index is -0.772. The lowest BCUT2D eigenvalue weighted by atomic mass is 10.1. The van der Waals surface area contributed by atoms with Crippen molar-refractivity contribution in [1.82, 2.24) is 5.32 Å². The third-order valence-electron chi connectivity index (χ3n) is 2.11. The number of ether oxygens (including phenoxy) is 1. The molecule has 0 saturated carbocycles. The summed E-state index contributed by atoms with van der Waals surface area (Å²) < 4.78 is 5.24. The molecule has 1 aliphatic heterocycles. The molecule has 2 N–H and O–H groups in total. The van der Waals surface area contributed by atoms with Crippen LogP contribution >= 0.6 is 12.4 Å². The first-order valence-electron chi connectivity index (χ1n) is 4.39. The van der Waals surface area contributed by atoms with Gasteiger partial charge in [-0.05, 0) is 12.3 Å². The zero-order valence-electron chi connectivity index (χ0n) is 7.94. The molecule has 5 heteroatoms. The van der Waals surface area contributed by atoms with Crippen LogP contribution in [-0.4, -0.2) is 36.9 Å². The molecule has 0 aliphatic carbocycles. The van der Waals surface area contributed by atoms with E-state index in [1.54, 1.807) is 6.08 Å². The highest BCUT2D eigenvalue weighted by Crippen LogP contribution is 2.14. The van der Waals surface area contributed by atoms with Gasteiger partial charge in [0.25, 0.3) is 0 Å². The maximum Gasteiger partial charge on any atom is 0.320 e. The van der Waals surface area contributed by atoms with Gasteiger partial charge in [0, 0.05) is 6.54 Å². The van der Waals surface area contributed by atoms with Crippen LogP contribution in [0.25, 0.3) is 0 Å². The number of carboxylic acids is 1. The molecule has 1 aliphatic rings. The summed E-state index contributed by atoms with van der Waals surface area (Å²) in [6, 6.07) is -0.391. The highest BCUT2D eigenvalue weighted by molar-refractivity contribution is 5.85. The number of rotatable bonds is 5. The van der Waals surface area contributed by atoms with Gasteiger partial charge in [-0.25, -0.2) is 0 Å². The lowest BCUT2D eigenvalue weighted by molar-refractivity contribution is -0.139. The minimum Gasteiger partial charge on any atom is -0.480 e. The molecule has 14 heavy (non-hydrogen) atoms. The third kappa shape index (κ3) is 4.09. The largest absolute Gasteiger partial charge is 0.480 e. The van der Waals surface area contributed by atoms with Crippen LogP contribution in [0.4, 0.5) is 0 Å². The van der Waals surface area contributed by atoms with E-state index >= 15 is 0 Å². The highest BCUT2D eigenvalue weighted by Gasteiger charge is 2.28. The van der Waals surface area contributed by atoms with Crippen molar-refractivity contribution in [2.75, 3.05) is 19.8 Å². The van der Waals surface area contributed by atoms with E-state index in [1.165, 1.54) is 0 Å². The van der Waals surface area contributed by atoms with E-state index in [0.717, 1.165) is 6.54 Å². The van der Waals surface area contributed by atoms with Gasteiger partial charge < -0.3 is 15.2 Å². The molecule has 82 valence electrons. The second-order valence-electron chi connectivity index (χ2n) is 3.23. The first kappa shape index (κ1) is 13.4. The van der Waals surface area contributed by atoms with Gasteiger partial charge in [0.15, 0.2) is 0 Å². The fourth-order valence-electron chi connectivity index (χ4n) is 1.44. The lowest BCUT2D eigenvalue weighted by Gasteiger charge is -2.07. The minimum absolute atomic E-state index is 0. The number of hydrogen-bond donors (Lipinski definition) is 2. The van der Waals surface area contributed by atoms with Crippen LogP contribution in [0.5, 0.6) is 0 Å². The number of hydrogen-bond acceptors (Lipinski definition) is 3. The number of aliphatic carboxylic acids is 1. The van der Waals surface area contributed by atoms with E-state index in [4.69, 9.17) is 9.84 Å². The Labute approximate surface area is 89.7 Å². The summed E-state index contributed by atoms with van der Waals surface area (Å²) in [5.41, 5.74) is 0. The summed E-state index contributed by atoms with van der Waals surface area (Å²) in [4.78, 5) is 10.6. The average molecular weight is 222 g/mol. The molecule has 1 fully saturated rings. The Bertz CT molecular complexity index is 198.